The third kappa shape index (κ3) is 1.65. The van der Waals surface area contributed by atoms with E-state index >= 15 is 0 Å². The normalized spacial score (nSPS) is 23.8. The van der Waals surface area contributed by atoms with E-state index in [1.165, 1.54) is 0 Å². The van der Waals surface area contributed by atoms with E-state index in [1.807, 2.05) is 0 Å². The molecule has 1 saturated carbocycles. The van der Waals surface area contributed by atoms with E-state index in [0.29, 0.717) is 17.1 Å². The highest BCUT2D eigenvalue weighted by atomic mass is 16.3. The molecule has 2 aromatic rings. The summed E-state index contributed by atoms with van der Waals surface area (Å²) < 4.78 is 1.75. The molecule has 2 aromatic heterocycles. The van der Waals surface area contributed by atoms with E-state index in [2.05, 4.69) is 20.3 Å². The van der Waals surface area contributed by atoms with Gasteiger partial charge in [-0.2, -0.15) is 9.97 Å². The zero-order valence-electron chi connectivity index (χ0n) is 9.82. The molecule has 5 N–H and O–H groups in total. The van der Waals surface area contributed by atoms with Crippen molar-refractivity contribution in [3.8, 4) is 0 Å². The lowest BCUT2D eigenvalue weighted by Crippen LogP contribution is -2.10. The van der Waals surface area contributed by atoms with Crippen LogP contribution in [0, 0.1) is 5.92 Å². The predicted octanol–water partition coefficient (Wildman–Crippen LogP) is -0.281. The third-order valence-corrected chi connectivity index (χ3v) is 3.49. The van der Waals surface area contributed by atoms with Gasteiger partial charge in [-0.3, -0.25) is 0 Å². The first-order chi connectivity index (χ1) is 8.69. The number of rotatable bonds is 2. The quantitative estimate of drug-likeness (QED) is 0.667. The maximum atomic E-state index is 9.17. The monoisotopic (exact) mass is 249 g/mol. The Kier molecular flexibility index (Phi) is 2.51. The Labute approximate surface area is 103 Å². The second-order valence-corrected chi connectivity index (χ2v) is 4.69. The molecule has 18 heavy (non-hydrogen) atoms. The van der Waals surface area contributed by atoms with Gasteiger partial charge < -0.3 is 16.6 Å². The SMILES string of the molecule is Nc1nc(N)c2nnn([C@@H]3CC[C@H](CO)C3)c2n1. The van der Waals surface area contributed by atoms with Crippen LogP contribution in [0.15, 0.2) is 0 Å². The molecule has 0 radical (unpaired) electrons. The Bertz CT molecular complexity index is 581. The summed E-state index contributed by atoms with van der Waals surface area (Å²) in [6, 6.07) is 0.195. The molecule has 0 aromatic carbocycles. The Hall–Kier alpha value is -1.96. The molecule has 3 rings (SSSR count). The van der Waals surface area contributed by atoms with Crippen LogP contribution in [0.5, 0.6) is 0 Å². The van der Waals surface area contributed by atoms with Crippen LogP contribution < -0.4 is 11.5 Å². The molecule has 0 spiro atoms. The van der Waals surface area contributed by atoms with Crippen molar-refractivity contribution in [3.63, 3.8) is 0 Å². The topological polar surface area (TPSA) is 129 Å². The highest BCUT2D eigenvalue weighted by molar-refractivity contribution is 5.81. The molecule has 0 aliphatic heterocycles. The van der Waals surface area contributed by atoms with Gasteiger partial charge in [0, 0.05) is 6.61 Å². The Morgan fingerprint density at radius 1 is 1.28 bits per heavy atom. The Balaban J connectivity index is 2.03. The zero-order chi connectivity index (χ0) is 12.7. The highest BCUT2D eigenvalue weighted by Gasteiger charge is 2.28. The van der Waals surface area contributed by atoms with Gasteiger partial charge >= 0.3 is 0 Å². The maximum absolute atomic E-state index is 9.17. The minimum atomic E-state index is 0.125. The average Bonchev–Trinajstić information content (AvgIpc) is 2.93. The van der Waals surface area contributed by atoms with Gasteiger partial charge in [-0.05, 0) is 25.2 Å². The van der Waals surface area contributed by atoms with Crippen molar-refractivity contribution in [1.29, 1.82) is 0 Å². The summed E-state index contributed by atoms with van der Waals surface area (Å²) in [6.45, 7) is 0.211. The molecule has 96 valence electrons. The molecular formula is C10H15N7O. The molecule has 1 aliphatic carbocycles. The first-order valence-electron chi connectivity index (χ1n) is 5.93. The Morgan fingerprint density at radius 2 is 2.11 bits per heavy atom. The van der Waals surface area contributed by atoms with E-state index in [0.717, 1.165) is 19.3 Å². The standard InChI is InChI=1S/C10H15N7O/c11-8-7-9(14-10(12)13-8)17(16-15-7)6-2-1-5(3-6)4-18/h5-6,18H,1-4H2,(H4,11,12,13,14)/t5-,6+/m0/s1. The number of hydrogen-bond acceptors (Lipinski definition) is 7. The van der Waals surface area contributed by atoms with Gasteiger partial charge in [0.15, 0.2) is 17.0 Å². The van der Waals surface area contributed by atoms with Crippen LogP contribution in [-0.2, 0) is 0 Å². The highest BCUT2D eigenvalue weighted by Crippen LogP contribution is 2.35. The van der Waals surface area contributed by atoms with Crippen LogP contribution in [-0.4, -0.2) is 36.7 Å². The maximum Gasteiger partial charge on any atom is 0.224 e. The lowest BCUT2D eigenvalue weighted by atomic mass is 10.1. The summed E-state index contributed by atoms with van der Waals surface area (Å²) >= 11 is 0. The van der Waals surface area contributed by atoms with Crippen LogP contribution in [0.1, 0.15) is 25.3 Å². The van der Waals surface area contributed by atoms with Gasteiger partial charge in [-0.1, -0.05) is 5.21 Å². The van der Waals surface area contributed by atoms with Gasteiger partial charge in [0.1, 0.15) is 0 Å². The van der Waals surface area contributed by atoms with Gasteiger partial charge in [0.2, 0.25) is 5.95 Å². The van der Waals surface area contributed by atoms with Crippen LogP contribution in [0.3, 0.4) is 0 Å². The van der Waals surface area contributed by atoms with Gasteiger partial charge in [-0.25, -0.2) is 4.68 Å². The fourth-order valence-electron chi connectivity index (χ4n) is 2.55. The van der Waals surface area contributed by atoms with Crippen molar-refractivity contribution in [2.45, 2.75) is 25.3 Å². The molecule has 8 heteroatoms. The van der Waals surface area contributed by atoms with Crippen LogP contribution >= 0.6 is 0 Å². The van der Waals surface area contributed by atoms with Crippen molar-refractivity contribution >= 4 is 22.9 Å². The number of fused-ring (bicyclic) bond motifs is 1. The molecule has 1 aliphatic rings. The first-order valence-corrected chi connectivity index (χ1v) is 5.93. The van der Waals surface area contributed by atoms with Crippen molar-refractivity contribution in [3.05, 3.63) is 0 Å². The number of nitrogens with two attached hydrogens (primary N) is 2. The summed E-state index contributed by atoms with van der Waals surface area (Å²) in [5.41, 5.74) is 12.4. The van der Waals surface area contributed by atoms with Gasteiger partial charge in [0.05, 0.1) is 6.04 Å². The number of nitrogen functional groups attached to an aromatic ring is 2. The molecule has 0 unspecified atom stereocenters. The predicted molar refractivity (Wildman–Crippen MR) is 65.4 cm³/mol. The summed E-state index contributed by atoms with van der Waals surface area (Å²) in [4.78, 5) is 8.02. The molecular weight excluding hydrogens is 234 g/mol. The second-order valence-electron chi connectivity index (χ2n) is 4.69. The largest absolute Gasteiger partial charge is 0.396 e. The summed E-state index contributed by atoms with van der Waals surface area (Å²) in [5.74, 6) is 0.700. The van der Waals surface area contributed by atoms with Crippen LogP contribution in [0.4, 0.5) is 11.8 Å². The van der Waals surface area contributed by atoms with Gasteiger partial charge in [0.25, 0.3) is 0 Å². The third-order valence-electron chi connectivity index (χ3n) is 3.49. The van der Waals surface area contributed by atoms with Crippen LogP contribution in [0.25, 0.3) is 11.2 Å². The molecule has 8 nitrogen and oxygen atoms in total. The van der Waals surface area contributed by atoms with E-state index in [1.54, 1.807) is 4.68 Å². The minimum absolute atomic E-state index is 0.125. The number of aliphatic hydroxyl groups is 1. The molecule has 2 atom stereocenters. The molecule has 1 fully saturated rings. The van der Waals surface area contributed by atoms with Crippen LogP contribution in [0.2, 0.25) is 0 Å². The summed E-state index contributed by atoms with van der Waals surface area (Å²) in [5, 5.41) is 17.3. The fourth-order valence-corrected chi connectivity index (χ4v) is 2.55. The number of anilines is 2. The number of aliphatic hydroxyl groups excluding tert-OH is 1. The summed E-state index contributed by atoms with van der Waals surface area (Å²) in [6.07, 6.45) is 2.81. The van der Waals surface area contributed by atoms with Crippen molar-refractivity contribution in [2.24, 2.45) is 5.92 Å². The van der Waals surface area contributed by atoms with Crippen molar-refractivity contribution in [2.75, 3.05) is 18.1 Å². The van der Waals surface area contributed by atoms with E-state index in [4.69, 9.17) is 11.5 Å². The lowest BCUT2D eigenvalue weighted by molar-refractivity contribution is 0.225. The minimum Gasteiger partial charge on any atom is -0.396 e. The zero-order valence-corrected chi connectivity index (χ0v) is 9.82. The number of hydrogen-bond donors (Lipinski definition) is 3. The smallest absolute Gasteiger partial charge is 0.224 e. The first kappa shape index (κ1) is 11.1. The van der Waals surface area contributed by atoms with Gasteiger partial charge in [-0.15, -0.1) is 5.10 Å². The second kappa shape index (κ2) is 4.05. The number of nitrogens with zero attached hydrogens (tertiary/aromatic N) is 5. The van der Waals surface area contributed by atoms with E-state index in [9.17, 15) is 5.11 Å². The van der Waals surface area contributed by atoms with E-state index in [-0.39, 0.29) is 24.4 Å². The summed E-state index contributed by atoms with van der Waals surface area (Å²) in [7, 11) is 0. The molecule has 0 bridgehead atoms. The van der Waals surface area contributed by atoms with E-state index < -0.39 is 0 Å². The molecule has 0 saturated heterocycles. The number of aromatic nitrogens is 5. The van der Waals surface area contributed by atoms with Crippen molar-refractivity contribution in [1.82, 2.24) is 25.0 Å². The average molecular weight is 249 g/mol. The molecule has 0 amide bonds. The lowest BCUT2D eigenvalue weighted by Gasteiger charge is -2.10. The Morgan fingerprint density at radius 3 is 2.83 bits per heavy atom. The van der Waals surface area contributed by atoms with Crippen molar-refractivity contribution < 1.29 is 5.11 Å². The molecule has 2 heterocycles. The fraction of sp³-hybridized carbons (Fsp3) is 0.600.